The van der Waals surface area contributed by atoms with E-state index in [2.05, 4.69) is 0 Å². The molecule has 0 N–H and O–H groups in total. The quantitative estimate of drug-likeness (QED) is 0.798. The normalized spacial score (nSPS) is 18.2. The number of hydrogen-bond acceptors (Lipinski definition) is 3. The van der Waals surface area contributed by atoms with E-state index in [9.17, 15) is 8.42 Å². The highest BCUT2D eigenvalue weighted by Gasteiger charge is 2.32. The van der Waals surface area contributed by atoms with Crippen molar-refractivity contribution in [2.45, 2.75) is 33.2 Å². The Hall–Kier alpha value is -0.810. The fourth-order valence-corrected chi connectivity index (χ4v) is 3.70. The lowest BCUT2D eigenvalue weighted by Gasteiger charge is -2.19. The SMILES string of the molecule is Cc1occc1CN(C)S(=O)(=O)CC(C)C1CC1. The lowest BCUT2D eigenvalue weighted by molar-refractivity contribution is 0.444. The van der Waals surface area contributed by atoms with Crippen molar-refractivity contribution in [3.63, 3.8) is 0 Å². The summed E-state index contributed by atoms with van der Waals surface area (Å²) >= 11 is 0. The molecule has 1 aliphatic carbocycles. The number of aryl methyl sites for hydroxylation is 1. The summed E-state index contributed by atoms with van der Waals surface area (Å²) in [6, 6.07) is 1.83. The van der Waals surface area contributed by atoms with Crippen molar-refractivity contribution >= 4 is 10.0 Å². The Morgan fingerprint density at radius 2 is 2.17 bits per heavy atom. The van der Waals surface area contributed by atoms with Crippen LogP contribution >= 0.6 is 0 Å². The first-order chi connectivity index (χ1) is 8.40. The van der Waals surface area contributed by atoms with Crippen LogP contribution in [0, 0.1) is 18.8 Å². The third-order valence-electron chi connectivity index (χ3n) is 3.73. The van der Waals surface area contributed by atoms with E-state index in [0.717, 1.165) is 11.3 Å². The Morgan fingerprint density at radius 1 is 1.50 bits per heavy atom. The van der Waals surface area contributed by atoms with Crippen molar-refractivity contribution < 1.29 is 12.8 Å². The molecule has 5 heteroatoms. The van der Waals surface area contributed by atoms with Gasteiger partial charge in [-0.15, -0.1) is 0 Å². The lowest BCUT2D eigenvalue weighted by Crippen LogP contribution is -2.31. The lowest BCUT2D eigenvalue weighted by atomic mass is 10.1. The maximum absolute atomic E-state index is 12.2. The molecule has 102 valence electrons. The van der Waals surface area contributed by atoms with Gasteiger partial charge in [0.05, 0.1) is 12.0 Å². The van der Waals surface area contributed by atoms with Gasteiger partial charge in [-0.2, -0.15) is 0 Å². The summed E-state index contributed by atoms with van der Waals surface area (Å²) < 4.78 is 31.0. The summed E-state index contributed by atoms with van der Waals surface area (Å²) in [4.78, 5) is 0. The zero-order chi connectivity index (χ0) is 13.3. The van der Waals surface area contributed by atoms with E-state index >= 15 is 0 Å². The van der Waals surface area contributed by atoms with Gasteiger partial charge < -0.3 is 4.42 Å². The number of hydrogen-bond donors (Lipinski definition) is 0. The highest BCUT2D eigenvalue weighted by molar-refractivity contribution is 7.89. The summed E-state index contributed by atoms with van der Waals surface area (Å²) in [5.41, 5.74) is 0.931. The molecule has 0 amide bonds. The maximum Gasteiger partial charge on any atom is 0.214 e. The van der Waals surface area contributed by atoms with Gasteiger partial charge in [0.25, 0.3) is 0 Å². The molecule has 1 unspecified atom stereocenters. The molecule has 0 aromatic carbocycles. The van der Waals surface area contributed by atoms with E-state index in [-0.39, 0.29) is 11.7 Å². The topological polar surface area (TPSA) is 50.5 Å². The summed E-state index contributed by atoms with van der Waals surface area (Å²) in [5.74, 6) is 1.92. The Morgan fingerprint density at radius 3 is 2.67 bits per heavy atom. The van der Waals surface area contributed by atoms with Gasteiger partial charge in [-0.25, -0.2) is 12.7 Å². The summed E-state index contributed by atoms with van der Waals surface area (Å²) in [5, 5.41) is 0. The average Bonchev–Trinajstić information content (AvgIpc) is 3.05. The fraction of sp³-hybridized carbons (Fsp3) is 0.692. The first kappa shape index (κ1) is 13.6. The Balaban J connectivity index is 1.98. The van der Waals surface area contributed by atoms with Crippen LogP contribution in [-0.2, 0) is 16.6 Å². The minimum Gasteiger partial charge on any atom is -0.469 e. The van der Waals surface area contributed by atoms with Crippen LogP contribution < -0.4 is 0 Å². The second kappa shape index (κ2) is 5.05. The van der Waals surface area contributed by atoms with Crippen molar-refractivity contribution in [3.05, 3.63) is 23.7 Å². The largest absolute Gasteiger partial charge is 0.469 e. The highest BCUT2D eigenvalue weighted by Crippen LogP contribution is 2.37. The Labute approximate surface area is 109 Å². The van der Waals surface area contributed by atoms with Gasteiger partial charge in [-0.05, 0) is 37.7 Å². The number of rotatable bonds is 6. The van der Waals surface area contributed by atoms with Crippen molar-refractivity contribution in [2.24, 2.45) is 11.8 Å². The van der Waals surface area contributed by atoms with Crippen LogP contribution in [0.5, 0.6) is 0 Å². The smallest absolute Gasteiger partial charge is 0.214 e. The molecule has 1 aromatic rings. The second-order valence-electron chi connectivity index (χ2n) is 5.35. The van der Waals surface area contributed by atoms with Gasteiger partial charge in [0.2, 0.25) is 10.0 Å². The predicted molar refractivity (Wildman–Crippen MR) is 70.6 cm³/mol. The first-order valence-corrected chi connectivity index (χ1v) is 7.98. The molecule has 1 aromatic heterocycles. The molecule has 2 rings (SSSR count). The molecule has 0 spiro atoms. The van der Waals surface area contributed by atoms with E-state index in [4.69, 9.17) is 4.42 Å². The molecule has 1 fully saturated rings. The molecule has 1 atom stereocenters. The van der Waals surface area contributed by atoms with Crippen LogP contribution in [0.1, 0.15) is 31.1 Å². The van der Waals surface area contributed by atoms with Crippen LogP contribution in [0.3, 0.4) is 0 Å². The van der Waals surface area contributed by atoms with Crippen LogP contribution in [0.15, 0.2) is 16.7 Å². The molecule has 0 saturated heterocycles. The minimum absolute atomic E-state index is 0.255. The summed E-state index contributed by atoms with van der Waals surface area (Å²) in [6.07, 6.45) is 3.96. The standard InChI is InChI=1S/C13H21NO3S/c1-10(12-4-5-12)9-18(15,16)14(3)8-13-6-7-17-11(13)2/h6-7,10,12H,4-5,8-9H2,1-3H3. The average molecular weight is 271 g/mol. The molecule has 1 saturated carbocycles. The summed E-state index contributed by atoms with van der Waals surface area (Å²) in [7, 11) is -1.53. The van der Waals surface area contributed by atoms with E-state index in [1.54, 1.807) is 13.3 Å². The van der Waals surface area contributed by atoms with Gasteiger partial charge >= 0.3 is 0 Å². The number of sulfonamides is 1. The zero-order valence-corrected chi connectivity index (χ0v) is 12.0. The fourth-order valence-electron chi connectivity index (χ4n) is 2.17. The van der Waals surface area contributed by atoms with Crippen LogP contribution in [-0.4, -0.2) is 25.5 Å². The summed E-state index contributed by atoms with van der Waals surface area (Å²) in [6.45, 7) is 4.27. The Kier molecular flexibility index (Phi) is 3.82. The Bertz CT molecular complexity index is 502. The van der Waals surface area contributed by atoms with Crippen molar-refractivity contribution in [2.75, 3.05) is 12.8 Å². The molecule has 4 nitrogen and oxygen atoms in total. The molecule has 0 radical (unpaired) electrons. The van der Waals surface area contributed by atoms with Crippen molar-refractivity contribution in [1.29, 1.82) is 0 Å². The first-order valence-electron chi connectivity index (χ1n) is 6.37. The van der Waals surface area contributed by atoms with Gasteiger partial charge in [0.15, 0.2) is 0 Å². The zero-order valence-electron chi connectivity index (χ0n) is 11.2. The predicted octanol–water partition coefficient (Wildman–Crippen LogP) is 2.40. The molecule has 0 aliphatic heterocycles. The van der Waals surface area contributed by atoms with Crippen LogP contribution in [0.2, 0.25) is 0 Å². The van der Waals surface area contributed by atoms with E-state index in [0.29, 0.717) is 12.5 Å². The third kappa shape index (κ3) is 3.14. The number of nitrogens with zero attached hydrogens (tertiary/aromatic N) is 1. The van der Waals surface area contributed by atoms with Gasteiger partial charge in [0.1, 0.15) is 5.76 Å². The molecular formula is C13H21NO3S. The molecule has 1 heterocycles. The van der Waals surface area contributed by atoms with Crippen LogP contribution in [0.4, 0.5) is 0 Å². The molecule has 0 bridgehead atoms. The van der Waals surface area contributed by atoms with E-state index < -0.39 is 10.0 Å². The van der Waals surface area contributed by atoms with Gasteiger partial charge in [0, 0.05) is 19.2 Å². The molecule has 1 aliphatic rings. The highest BCUT2D eigenvalue weighted by atomic mass is 32.2. The number of furan rings is 1. The molecular weight excluding hydrogens is 250 g/mol. The van der Waals surface area contributed by atoms with Crippen LogP contribution in [0.25, 0.3) is 0 Å². The second-order valence-corrected chi connectivity index (χ2v) is 7.47. The van der Waals surface area contributed by atoms with E-state index in [1.807, 2.05) is 19.9 Å². The van der Waals surface area contributed by atoms with Crippen molar-refractivity contribution in [1.82, 2.24) is 4.31 Å². The van der Waals surface area contributed by atoms with Crippen molar-refractivity contribution in [3.8, 4) is 0 Å². The molecule has 18 heavy (non-hydrogen) atoms. The van der Waals surface area contributed by atoms with Gasteiger partial charge in [-0.1, -0.05) is 6.92 Å². The third-order valence-corrected chi connectivity index (χ3v) is 5.76. The monoisotopic (exact) mass is 271 g/mol. The van der Waals surface area contributed by atoms with Gasteiger partial charge in [-0.3, -0.25) is 0 Å². The minimum atomic E-state index is -3.17. The maximum atomic E-state index is 12.2. The van der Waals surface area contributed by atoms with E-state index in [1.165, 1.54) is 17.1 Å².